The molecule has 3 rings (SSSR count). The number of hydrogen-bond acceptors (Lipinski definition) is 3. The standard InChI is InChI=1S/C25H31F3N2O2/c1-16(2)23-21(17-6-9-20(32-5)10-7-17)15-18-14-19(25(26,27)28)8-11-22(18)30(24(23)31)13-12-29(3)4/h6-11,14,16,21,23H,12-13,15H2,1-5H3/t21-,23+/m1/s1. The minimum absolute atomic E-state index is 0.0212. The number of amides is 1. The molecule has 0 N–H and O–H groups in total. The van der Waals surface area contributed by atoms with E-state index in [2.05, 4.69) is 0 Å². The number of likely N-dealkylation sites (N-methyl/N-ethyl adjacent to an activating group) is 1. The summed E-state index contributed by atoms with van der Waals surface area (Å²) in [4.78, 5) is 17.5. The molecule has 0 saturated carbocycles. The average molecular weight is 449 g/mol. The summed E-state index contributed by atoms with van der Waals surface area (Å²) in [5.74, 6) is 0.0866. The smallest absolute Gasteiger partial charge is 0.416 e. The van der Waals surface area contributed by atoms with E-state index in [-0.39, 0.29) is 23.7 Å². The number of carbonyl (C=O) groups excluding carboxylic acids is 1. The molecule has 2 aromatic carbocycles. The maximum absolute atomic E-state index is 13.8. The molecule has 0 spiro atoms. The summed E-state index contributed by atoms with van der Waals surface area (Å²) in [6.45, 7) is 5.04. The summed E-state index contributed by atoms with van der Waals surface area (Å²) in [7, 11) is 5.41. The molecule has 1 heterocycles. The predicted octanol–water partition coefficient (Wildman–Crippen LogP) is 5.22. The van der Waals surface area contributed by atoms with E-state index in [1.165, 1.54) is 12.1 Å². The van der Waals surface area contributed by atoms with Gasteiger partial charge < -0.3 is 14.5 Å². The Balaban J connectivity index is 2.15. The number of benzene rings is 2. The van der Waals surface area contributed by atoms with Gasteiger partial charge in [0.2, 0.25) is 5.91 Å². The molecule has 1 aliphatic heterocycles. The molecule has 0 aliphatic carbocycles. The van der Waals surface area contributed by atoms with Crippen LogP contribution in [-0.2, 0) is 17.4 Å². The maximum Gasteiger partial charge on any atom is 0.416 e. The summed E-state index contributed by atoms with van der Waals surface area (Å²) < 4.78 is 45.7. The molecule has 0 bridgehead atoms. The molecule has 4 nitrogen and oxygen atoms in total. The third kappa shape index (κ3) is 5.09. The van der Waals surface area contributed by atoms with Gasteiger partial charge in [-0.25, -0.2) is 0 Å². The molecule has 2 aromatic rings. The normalized spacial score (nSPS) is 19.3. The van der Waals surface area contributed by atoms with Gasteiger partial charge in [0.05, 0.1) is 12.7 Å². The lowest BCUT2D eigenvalue weighted by Crippen LogP contribution is -2.42. The number of nitrogens with zero attached hydrogens (tertiary/aromatic N) is 2. The minimum Gasteiger partial charge on any atom is -0.497 e. The van der Waals surface area contributed by atoms with E-state index in [9.17, 15) is 18.0 Å². The Labute approximate surface area is 188 Å². The number of anilines is 1. The van der Waals surface area contributed by atoms with Gasteiger partial charge in [0.25, 0.3) is 0 Å². The molecular weight excluding hydrogens is 417 g/mol. The molecular formula is C25H31F3N2O2. The van der Waals surface area contributed by atoms with Gasteiger partial charge in [-0.2, -0.15) is 13.2 Å². The highest BCUT2D eigenvalue weighted by atomic mass is 19.4. The highest BCUT2D eigenvalue weighted by Crippen LogP contribution is 2.43. The number of hydrogen-bond donors (Lipinski definition) is 0. The van der Waals surface area contributed by atoms with Crippen LogP contribution in [0.3, 0.4) is 0 Å². The van der Waals surface area contributed by atoms with Crippen LogP contribution in [0.5, 0.6) is 5.75 Å². The second kappa shape index (κ2) is 9.53. The van der Waals surface area contributed by atoms with E-state index in [1.807, 2.05) is 57.1 Å². The molecule has 0 fully saturated rings. The molecule has 7 heteroatoms. The Hall–Kier alpha value is -2.54. The van der Waals surface area contributed by atoms with E-state index in [4.69, 9.17) is 4.74 Å². The summed E-state index contributed by atoms with van der Waals surface area (Å²) in [6.07, 6.45) is -4.08. The molecule has 1 aliphatic rings. The molecule has 0 unspecified atom stereocenters. The second-order valence-electron chi connectivity index (χ2n) is 8.99. The Bertz CT molecular complexity index is 939. The third-order valence-corrected chi connectivity index (χ3v) is 6.16. The maximum atomic E-state index is 13.8. The van der Waals surface area contributed by atoms with Gasteiger partial charge in [0, 0.05) is 24.7 Å². The Kier molecular flexibility index (Phi) is 7.18. The molecule has 1 amide bonds. The van der Waals surface area contributed by atoms with Crippen molar-refractivity contribution in [3.8, 4) is 5.75 Å². The van der Waals surface area contributed by atoms with Crippen molar-refractivity contribution in [3.05, 3.63) is 59.2 Å². The number of carbonyl (C=O) groups is 1. The second-order valence-corrected chi connectivity index (χ2v) is 8.99. The van der Waals surface area contributed by atoms with Gasteiger partial charge in [-0.05, 0) is 73.8 Å². The molecule has 2 atom stereocenters. The van der Waals surface area contributed by atoms with E-state index < -0.39 is 11.7 Å². The monoisotopic (exact) mass is 448 g/mol. The van der Waals surface area contributed by atoms with Gasteiger partial charge in [0.15, 0.2) is 0 Å². The van der Waals surface area contributed by atoms with Crippen LogP contribution in [0.15, 0.2) is 42.5 Å². The van der Waals surface area contributed by atoms with E-state index in [0.717, 1.165) is 11.6 Å². The first-order valence-electron chi connectivity index (χ1n) is 10.8. The van der Waals surface area contributed by atoms with E-state index >= 15 is 0 Å². The number of ether oxygens (including phenoxy) is 1. The van der Waals surface area contributed by atoms with E-state index in [1.54, 1.807) is 12.0 Å². The lowest BCUT2D eigenvalue weighted by molar-refractivity contribution is -0.137. The fraction of sp³-hybridized carbons (Fsp3) is 0.480. The number of alkyl halides is 3. The lowest BCUT2D eigenvalue weighted by atomic mass is 9.76. The quantitative estimate of drug-likeness (QED) is 0.607. The average Bonchev–Trinajstić information content (AvgIpc) is 2.85. The number of fused-ring (bicyclic) bond motifs is 1. The van der Waals surface area contributed by atoms with Crippen molar-refractivity contribution < 1.29 is 22.7 Å². The fourth-order valence-corrected chi connectivity index (χ4v) is 4.48. The first kappa shape index (κ1) is 24.1. The first-order valence-corrected chi connectivity index (χ1v) is 10.8. The number of halogens is 3. The molecule has 0 aromatic heterocycles. The highest BCUT2D eigenvalue weighted by molar-refractivity contribution is 5.97. The van der Waals surface area contributed by atoms with E-state index in [0.29, 0.717) is 36.5 Å². The van der Waals surface area contributed by atoms with Crippen LogP contribution >= 0.6 is 0 Å². The minimum atomic E-state index is -4.44. The van der Waals surface area contributed by atoms with Crippen LogP contribution in [0.2, 0.25) is 0 Å². The van der Waals surface area contributed by atoms with Crippen LogP contribution in [0.1, 0.15) is 36.5 Å². The van der Waals surface area contributed by atoms with Crippen molar-refractivity contribution in [2.75, 3.05) is 39.2 Å². The van der Waals surface area contributed by atoms with Gasteiger partial charge in [-0.3, -0.25) is 4.79 Å². The Morgan fingerprint density at radius 3 is 2.31 bits per heavy atom. The molecule has 174 valence electrons. The number of rotatable bonds is 6. The number of methoxy groups -OCH3 is 1. The topological polar surface area (TPSA) is 32.8 Å². The zero-order valence-electron chi connectivity index (χ0n) is 19.2. The summed E-state index contributed by atoms with van der Waals surface area (Å²) >= 11 is 0. The van der Waals surface area contributed by atoms with Crippen LogP contribution in [0, 0.1) is 11.8 Å². The van der Waals surface area contributed by atoms with Gasteiger partial charge in [-0.15, -0.1) is 0 Å². The Morgan fingerprint density at radius 2 is 1.78 bits per heavy atom. The van der Waals surface area contributed by atoms with Gasteiger partial charge in [0.1, 0.15) is 5.75 Å². The third-order valence-electron chi connectivity index (χ3n) is 6.16. The summed E-state index contributed by atoms with van der Waals surface area (Å²) in [6, 6.07) is 11.2. The van der Waals surface area contributed by atoms with Crippen molar-refractivity contribution in [1.82, 2.24) is 4.90 Å². The van der Waals surface area contributed by atoms with Crippen molar-refractivity contribution in [1.29, 1.82) is 0 Å². The lowest BCUT2D eigenvalue weighted by Gasteiger charge is -2.31. The van der Waals surface area contributed by atoms with Crippen molar-refractivity contribution >= 4 is 11.6 Å². The largest absolute Gasteiger partial charge is 0.497 e. The van der Waals surface area contributed by atoms with Crippen molar-refractivity contribution in [2.45, 2.75) is 32.4 Å². The van der Waals surface area contributed by atoms with Gasteiger partial charge >= 0.3 is 6.18 Å². The highest BCUT2D eigenvalue weighted by Gasteiger charge is 2.40. The zero-order valence-corrected chi connectivity index (χ0v) is 19.2. The van der Waals surface area contributed by atoms with Gasteiger partial charge in [-0.1, -0.05) is 26.0 Å². The van der Waals surface area contributed by atoms with Crippen LogP contribution < -0.4 is 9.64 Å². The van der Waals surface area contributed by atoms with Crippen LogP contribution in [0.25, 0.3) is 0 Å². The van der Waals surface area contributed by atoms with Crippen LogP contribution in [-0.4, -0.2) is 45.1 Å². The van der Waals surface area contributed by atoms with Crippen molar-refractivity contribution in [2.24, 2.45) is 11.8 Å². The fourth-order valence-electron chi connectivity index (χ4n) is 4.48. The molecule has 0 radical (unpaired) electrons. The molecule has 32 heavy (non-hydrogen) atoms. The molecule has 0 saturated heterocycles. The summed E-state index contributed by atoms with van der Waals surface area (Å²) in [5.41, 5.74) is 1.37. The van der Waals surface area contributed by atoms with Crippen molar-refractivity contribution in [3.63, 3.8) is 0 Å². The SMILES string of the molecule is COc1ccc([C@H]2Cc3cc(C(F)(F)F)ccc3N(CCN(C)C)C(=O)[C@H]2C(C)C)cc1. The zero-order chi connectivity index (χ0) is 23.6. The van der Waals surface area contributed by atoms with Crippen LogP contribution in [0.4, 0.5) is 18.9 Å². The predicted molar refractivity (Wildman–Crippen MR) is 120 cm³/mol. The summed E-state index contributed by atoms with van der Waals surface area (Å²) in [5, 5.41) is 0. The Morgan fingerprint density at radius 1 is 1.12 bits per heavy atom. The first-order chi connectivity index (χ1) is 15.0.